The Morgan fingerprint density at radius 3 is 2.59 bits per heavy atom. The molecule has 2 rings (SSSR count). The van der Waals surface area contributed by atoms with E-state index in [9.17, 15) is 17.6 Å². The molecule has 2 aromatic carbocycles. The summed E-state index contributed by atoms with van der Waals surface area (Å²) in [5.41, 5.74) is 2.01. The molecule has 1 N–H and O–H groups in total. The Kier molecular flexibility index (Phi) is 7.69. The first-order chi connectivity index (χ1) is 12.9. The van der Waals surface area contributed by atoms with Crippen LogP contribution < -0.4 is 4.72 Å². The van der Waals surface area contributed by atoms with Crippen LogP contribution in [0.4, 0.5) is 4.39 Å². The third-order valence-electron chi connectivity index (χ3n) is 3.93. The molecule has 0 bridgehead atoms. The van der Waals surface area contributed by atoms with Crippen molar-refractivity contribution in [3.8, 4) is 0 Å². The van der Waals surface area contributed by atoms with Gasteiger partial charge in [-0.1, -0.05) is 54.6 Å². The summed E-state index contributed by atoms with van der Waals surface area (Å²) in [6, 6.07) is 14.3. The molecule has 0 unspecified atom stereocenters. The quantitative estimate of drug-likeness (QED) is 0.667. The summed E-state index contributed by atoms with van der Waals surface area (Å²) >= 11 is 0. The van der Waals surface area contributed by atoms with Gasteiger partial charge in [0, 0.05) is 12.1 Å². The minimum Gasteiger partial charge on any atom is -0.469 e. The number of carbonyl (C=O) groups is 1. The van der Waals surface area contributed by atoms with E-state index in [2.05, 4.69) is 9.46 Å². The van der Waals surface area contributed by atoms with Crippen molar-refractivity contribution in [1.82, 2.24) is 4.72 Å². The van der Waals surface area contributed by atoms with Crippen LogP contribution in [0.3, 0.4) is 0 Å². The van der Waals surface area contributed by atoms with E-state index >= 15 is 0 Å². The van der Waals surface area contributed by atoms with E-state index in [1.54, 1.807) is 12.1 Å². The van der Waals surface area contributed by atoms with Gasteiger partial charge in [0.2, 0.25) is 10.0 Å². The molecule has 0 amide bonds. The molecular formula is C20H22FNO4S. The molecule has 0 aromatic heterocycles. The minimum atomic E-state index is -3.72. The molecule has 5 nitrogen and oxygen atoms in total. The minimum absolute atomic E-state index is 0.176. The van der Waals surface area contributed by atoms with E-state index in [4.69, 9.17) is 0 Å². The average Bonchev–Trinajstić information content (AvgIpc) is 2.66. The van der Waals surface area contributed by atoms with Crippen LogP contribution in [-0.4, -0.2) is 27.2 Å². The molecule has 7 heteroatoms. The summed E-state index contributed by atoms with van der Waals surface area (Å²) in [5.74, 6) is -1.49. The molecule has 0 aliphatic heterocycles. The third-order valence-corrected chi connectivity index (χ3v) is 5.26. The van der Waals surface area contributed by atoms with Crippen molar-refractivity contribution in [2.45, 2.75) is 19.4 Å². The monoisotopic (exact) mass is 391 g/mol. The van der Waals surface area contributed by atoms with Crippen molar-refractivity contribution < 1.29 is 22.3 Å². The van der Waals surface area contributed by atoms with E-state index in [1.807, 2.05) is 42.5 Å². The smallest absolute Gasteiger partial charge is 0.306 e. The molecule has 27 heavy (non-hydrogen) atoms. The second-order valence-electron chi connectivity index (χ2n) is 5.86. The van der Waals surface area contributed by atoms with Crippen molar-refractivity contribution in [1.29, 1.82) is 0 Å². The fourth-order valence-corrected chi connectivity index (χ4v) is 3.40. The number of carbonyl (C=O) groups excluding carboxylic acids is 1. The van der Waals surface area contributed by atoms with Gasteiger partial charge in [0.05, 0.1) is 19.3 Å². The topological polar surface area (TPSA) is 72.5 Å². The Morgan fingerprint density at radius 2 is 1.89 bits per heavy atom. The number of hydrogen-bond acceptors (Lipinski definition) is 4. The predicted molar refractivity (Wildman–Crippen MR) is 103 cm³/mol. The van der Waals surface area contributed by atoms with E-state index in [0.29, 0.717) is 12.0 Å². The highest BCUT2D eigenvalue weighted by Gasteiger charge is 2.15. The van der Waals surface area contributed by atoms with Gasteiger partial charge >= 0.3 is 5.97 Å². The second-order valence-corrected chi connectivity index (χ2v) is 7.79. The van der Waals surface area contributed by atoms with Crippen LogP contribution >= 0.6 is 0 Å². The van der Waals surface area contributed by atoms with Gasteiger partial charge in [-0.25, -0.2) is 17.5 Å². The molecule has 0 aliphatic rings. The fraction of sp³-hybridized carbons (Fsp3) is 0.250. The van der Waals surface area contributed by atoms with Gasteiger partial charge in [-0.05, 0) is 23.6 Å². The molecule has 0 saturated carbocycles. The van der Waals surface area contributed by atoms with Gasteiger partial charge in [0.1, 0.15) is 5.82 Å². The van der Waals surface area contributed by atoms with Crippen LogP contribution in [0.1, 0.15) is 23.1 Å². The standard InChI is InChI=1S/C20H22FNO4S/c1-26-20(23)13-14-27(24,25)22-15-18-17(11-6-12-19(18)21)10-5-9-16-7-3-2-4-8-16/h2-9,11-12,22H,10,13-15H2,1H3/b9-5+. The van der Waals surface area contributed by atoms with Gasteiger partial charge < -0.3 is 4.74 Å². The summed E-state index contributed by atoms with van der Waals surface area (Å²) in [7, 11) is -2.53. The molecule has 0 heterocycles. The highest BCUT2D eigenvalue weighted by atomic mass is 32.2. The van der Waals surface area contributed by atoms with E-state index < -0.39 is 27.6 Å². The van der Waals surface area contributed by atoms with Crippen LogP contribution in [0.2, 0.25) is 0 Å². The lowest BCUT2D eigenvalue weighted by Gasteiger charge is -2.11. The summed E-state index contributed by atoms with van der Waals surface area (Å²) < 4.78 is 45.0. The van der Waals surface area contributed by atoms with Crippen molar-refractivity contribution >= 4 is 22.1 Å². The van der Waals surface area contributed by atoms with E-state index in [1.165, 1.54) is 13.2 Å². The highest BCUT2D eigenvalue weighted by Crippen LogP contribution is 2.16. The molecule has 2 aromatic rings. The third kappa shape index (κ3) is 6.96. The highest BCUT2D eigenvalue weighted by molar-refractivity contribution is 7.89. The lowest BCUT2D eigenvalue weighted by Crippen LogP contribution is -2.28. The van der Waals surface area contributed by atoms with Gasteiger partial charge in [0.15, 0.2) is 0 Å². The number of esters is 1. The van der Waals surface area contributed by atoms with Crippen molar-refractivity contribution in [3.63, 3.8) is 0 Å². The maximum atomic E-state index is 14.2. The first-order valence-corrected chi connectivity index (χ1v) is 10.1. The average molecular weight is 391 g/mol. The summed E-state index contributed by atoms with van der Waals surface area (Å²) in [6.07, 6.45) is 4.04. The number of rotatable bonds is 9. The first-order valence-electron chi connectivity index (χ1n) is 8.43. The maximum Gasteiger partial charge on any atom is 0.306 e. The zero-order chi connectivity index (χ0) is 19.7. The number of methoxy groups -OCH3 is 1. The Balaban J connectivity index is 2.04. The van der Waals surface area contributed by atoms with Gasteiger partial charge in [-0.15, -0.1) is 0 Å². The van der Waals surface area contributed by atoms with Crippen LogP contribution in [0.15, 0.2) is 54.6 Å². The van der Waals surface area contributed by atoms with Gasteiger partial charge in [0.25, 0.3) is 0 Å². The SMILES string of the molecule is COC(=O)CCS(=O)(=O)NCc1c(F)cccc1C/C=C/c1ccccc1. The number of allylic oxidation sites excluding steroid dienone is 1. The van der Waals surface area contributed by atoms with Crippen LogP contribution in [0, 0.1) is 5.82 Å². The zero-order valence-corrected chi connectivity index (χ0v) is 15.8. The number of ether oxygens (including phenoxy) is 1. The number of sulfonamides is 1. The Hall–Kier alpha value is -2.51. The Labute approximate surface area is 158 Å². The predicted octanol–water partition coefficient (Wildman–Crippen LogP) is 3.06. The summed E-state index contributed by atoms with van der Waals surface area (Å²) in [4.78, 5) is 11.1. The number of halogens is 1. The Bertz CT molecular complexity index is 895. The van der Waals surface area contributed by atoms with Crippen molar-refractivity contribution in [2.75, 3.05) is 12.9 Å². The number of benzene rings is 2. The number of nitrogens with one attached hydrogen (secondary N) is 1. The second kappa shape index (κ2) is 9.99. The maximum absolute atomic E-state index is 14.2. The van der Waals surface area contributed by atoms with E-state index in [-0.39, 0.29) is 18.5 Å². The lowest BCUT2D eigenvalue weighted by molar-refractivity contribution is -0.140. The lowest BCUT2D eigenvalue weighted by atomic mass is 10.0. The molecule has 0 fully saturated rings. The van der Waals surface area contributed by atoms with Crippen LogP contribution in [0.5, 0.6) is 0 Å². The normalized spacial score (nSPS) is 11.6. The molecule has 0 saturated heterocycles. The molecule has 144 valence electrons. The van der Waals surface area contributed by atoms with Crippen LogP contribution in [0.25, 0.3) is 6.08 Å². The molecule has 0 radical (unpaired) electrons. The molecule has 0 aliphatic carbocycles. The van der Waals surface area contributed by atoms with Crippen molar-refractivity contribution in [2.24, 2.45) is 0 Å². The Morgan fingerprint density at radius 1 is 1.15 bits per heavy atom. The molecular weight excluding hydrogens is 369 g/mol. The largest absolute Gasteiger partial charge is 0.469 e. The summed E-state index contributed by atoms with van der Waals surface area (Å²) in [5, 5.41) is 0. The van der Waals surface area contributed by atoms with Gasteiger partial charge in [-0.3, -0.25) is 4.79 Å². The molecule has 0 atom stereocenters. The van der Waals surface area contributed by atoms with E-state index in [0.717, 1.165) is 5.56 Å². The summed E-state index contributed by atoms with van der Waals surface area (Å²) in [6.45, 7) is -0.176. The zero-order valence-electron chi connectivity index (χ0n) is 15.0. The van der Waals surface area contributed by atoms with Crippen LogP contribution in [-0.2, 0) is 32.5 Å². The first kappa shape index (κ1) is 20.8. The van der Waals surface area contributed by atoms with Gasteiger partial charge in [-0.2, -0.15) is 0 Å². The van der Waals surface area contributed by atoms with Crippen molar-refractivity contribution in [3.05, 3.63) is 77.1 Å². The number of hydrogen-bond donors (Lipinski definition) is 1. The molecule has 0 spiro atoms. The fourth-order valence-electron chi connectivity index (χ4n) is 2.45.